The van der Waals surface area contributed by atoms with Crippen LogP contribution >= 0.6 is 0 Å². The Morgan fingerprint density at radius 3 is 2.56 bits per heavy atom. The fourth-order valence-corrected chi connectivity index (χ4v) is 3.24. The number of likely N-dealkylation sites (tertiary alicyclic amines) is 1. The first-order valence-electron chi connectivity index (χ1n) is 8.35. The van der Waals surface area contributed by atoms with Gasteiger partial charge in [0, 0.05) is 31.4 Å². The van der Waals surface area contributed by atoms with E-state index >= 15 is 0 Å². The Bertz CT molecular complexity index is 792. The molecule has 25 heavy (non-hydrogen) atoms. The lowest BCUT2D eigenvalue weighted by atomic mass is 10.1. The minimum Gasteiger partial charge on any atom is -0.338 e. The largest absolute Gasteiger partial charge is 0.338 e. The van der Waals surface area contributed by atoms with Crippen molar-refractivity contribution in [3.63, 3.8) is 0 Å². The smallest absolute Gasteiger partial charge is 0.254 e. The number of aryl methyl sites for hydroxylation is 1. The number of hydrogen-bond acceptors (Lipinski definition) is 2. The Labute approximate surface area is 146 Å². The van der Waals surface area contributed by atoms with Crippen molar-refractivity contribution in [1.82, 2.24) is 4.90 Å². The molecule has 0 aliphatic carbocycles. The Kier molecular flexibility index (Phi) is 4.83. The number of benzene rings is 2. The van der Waals surface area contributed by atoms with E-state index in [4.69, 9.17) is 0 Å². The topological polar surface area (TPSA) is 40.6 Å². The SMILES string of the molecule is Cc1cc(F)ccc1C(=O)N1CCC(C(=O)N(C)c2ccccc2)C1. The third-order valence-electron chi connectivity index (χ3n) is 4.72. The molecule has 130 valence electrons. The van der Waals surface area contributed by atoms with Crippen LogP contribution in [-0.2, 0) is 4.79 Å². The Balaban J connectivity index is 1.69. The minimum atomic E-state index is -0.354. The maximum Gasteiger partial charge on any atom is 0.254 e. The molecule has 0 bridgehead atoms. The van der Waals surface area contributed by atoms with Gasteiger partial charge in [-0.05, 0) is 49.2 Å². The molecular weight excluding hydrogens is 319 g/mol. The molecule has 1 heterocycles. The molecule has 1 aliphatic heterocycles. The van der Waals surface area contributed by atoms with Crippen molar-refractivity contribution in [3.8, 4) is 0 Å². The van der Waals surface area contributed by atoms with Crippen LogP contribution in [0.25, 0.3) is 0 Å². The van der Waals surface area contributed by atoms with E-state index in [1.54, 1.807) is 23.8 Å². The summed E-state index contributed by atoms with van der Waals surface area (Å²) in [6.07, 6.45) is 0.641. The first-order chi connectivity index (χ1) is 12.0. The van der Waals surface area contributed by atoms with Gasteiger partial charge in [0.2, 0.25) is 5.91 Å². The van der Waals surface area contributed by atoms with Gasteiger partial charge in [-0.15, -0.1) is 0 Å². The zero-order valence-electron chi connectivity index (χ0n) is 14.4. The summed E-state index contributed by atoms with van der Waals surface area (Å²) < 4.78 is 13.2. The minimum absolute atomic E-state index is 0.0114. The van der Waals surface area contributed by atoms with Gasteiger partial charge in [-0.1, -0.05) is 18.2 Å². The molecule has 4 nitrogen and oxygen atoms in total. The van der Waals surface area contributed by atoms with E-state index in [1.807, 2.05) is 30.3 Å². The molecular formula is C20H21FN2O2. The molecule has 0 N–H and O–H groups in total. The highest BCUT2D eigenvalue weighted by Crippen LogP contribution is 2.24. The Hall–Kier alpha value is -2.69. The maximum absolute atomic E-state index is 13.2. The van der Waals surface area contributed by atoms with E-state index in [1.165, 1.54) is 18.2 Å². The monoisotopic (exact) mass is 340 g/mol. The fourth-order valence-electron chi connectivity index (χ4n) is 3.24. The van der Waals surface area contributed by atoms with Gasteiger partial charge in [0.05, 0.1) is 5.92 Å². The molecule has 0 saturated carbocycles. The number of carbonyl (C=O) groups excluding carboxylic acids is 2. The van der Waals surface area contributed by atoms with Crippen molar-refractivity contribution in [3.05, 3.63) is 65.5 Å². The van der Waals surface area contributed by atoms with E-state index in [-0.39, 0.29) is 23.5 Å². The number of anilines is 1. The van der Waals surface area contributed by atoms with Gasteiger partial charge >= 0.3 is 0 Å². The molecule has 1 saturated heterocycles. The van der Waals surface area contributed by atoms with Crippen molar-refractivity contribution in [2.24, 2.45) is 5.92 Å². The standard InChI is InChI=1S/C20H21FN2O2/c1-14-12-16(21)8-9-18(14)20(25)23-11-10-15(13-23)19(24)22(2)17-6-4-3-5-7-17/h3-9,12,15H,10-11,13H2,1-2H3. The second-order valence-corrected chi connectivity index (χ2v) is 6.43. The van der Waals surface area contributed by atoms with Crippen LogP contribution in [0.1, 0.15) is 22.3 Å². The summed E-state index contributed by atoms with van der Waals surface area (Å²) >= 11 is 0. The molecule has 3 rings (SSSR count). The van der Waals surface area contributed by atoms with Crippen LogP contribution in [0.2, 0.25) is 0 Å². The highest BCUT2D eigenvalue weighted by Gasteiger charge is 2.33. The molecule has 0 radical (unpaired) electrons. The zero-order chi connectivity index (χ0) is 18.0. The van der Waals surface area contributed by atoms with Gasteiger partial charge in [0.25, 0.3) is 5.91 Å². The summed E-state index contributed by atoms with van der Waals surface area (Å²) in [5.41, 5.74) is 1.94. The van der Waals surface area contributed by atoms with Crippen molar-refractivity contribution in [2.75, 3.05) is 25.0 Å². The molecule has 1 aliphatic rings. The summed E-state index contributed by atoms with van der Waals surface area (Å²) in [4.78, 5) is 28.7. The van der Waals surface area contributed by atoms with E-state index in [0.29, 0.717) is 30.6 Å². The number of hydrogen-bond donors (Lipinski definition) is 0. The predicted molar refractivity (Wildman–Crippen MR) is 95.0 cm³/mol. The predicted octanol–water partition coefficient (Wildman–Crippen LogP) is 3.26. The lowest BCUT2D eigenvalue weighted by Crippen LogP contribution is -2.36. The van der Waals surface area contributed by atoms with Crippen molar-refractivity contribution >= 4 is 17.5 Å². The van der Waals surface area contributed by atoms with Crippen molar-refractivity contribution in [1.29, 1.82) is 0 Å². The van der Waals surface area contributed by atoms with Gasteiger partial charge in [-0.3, -0.25) is 9.59 Å². The van der Waals surface area contributed by atoms with Crippen LogP contribution in [0, 0.1) is 18.7 Å². The van der Waals surface area contributed by atoms with Crippen LogP contribution in [0.4, 0.5) is 10.1 Å². The van der Waals surface area contributed by atoms with Gasteiger partial charge in [0.15, 0.2) is 0 Å². The van der Waals surface area contributed by atoms with E-state index in [2.05, 4.69) is 0 Å². The molecule has 1 atom stereocenters. The van der Waals surface area contributed by atoms with Crippen LogP contribution in [0.3, 0.4) is 0 Å². The normalized spacial score (nSPS) is 16.8. The summed E-state index contributed by atoms with van der Waals surface area (Å²) in [6.45, 7) is 2.65. The fraction of sp³-hybridized carbons (Fsp3) is 0.300. The number of para-hydroxylation sites is 1. The van der Waals surface area contributed by atoms with E-state index in [0.717, 1.165) is 5.69 Å². The van der Waals surface area contributed by atoms with E-state index < -0.39 is 0 Å². The van der Waals surface area contributed by atoms with Crippen LogP contribution in [-0.4, -0.2) is 36.9 Å². The highest BCUT2D eigenvalue weighted by molar-refractivity contribution is 5.98. The first kappa shape index (κ1) is 17.1. The maximum atomic E-state index is 13.2. The molecule has 5 heteroatoms. The Morgan fingerprint density at radius 1 is 1.16 bits per heavy atom. The average Bonchev–Trinajstić information content (AvgIpc) is 3.11. The van der Waals surface area contributed by atoms with Crippen molar-refractivity contribution in [2.45, 2.75) is 13.3 Å². The molecule has 1 fully saturated rings. The lowest BCUT2D eigenvalue weighted by molar-refractivity contribution is -0.121. The number of nitrogens with zero attached hydrogens (tertiary/aromatic N) is 2. The molecule has 1 unspecified atom stereocenters. The summed E-state index contributed by atoms with van der Waals surface area (Å²) in [5.74, 6) is -0.699. The molecule has 0 aromatic heterocycles. The first-order valence-corrected chi connectivity index (χ1v) is 8.35. The molecule has 2 amide bonds. The van der Waals surface area contributed by atoms with Crippen LogP contribution in [0.15, 0.2) is 48.5 Å². The molecule has 0 spiro atoms. The van der Waals surface area contributed by atoms with Crippen molar-refractivity contribution < 1.29 is 14.0 Å². The third kappa shape index (κ3) is 3.55. The zero-order valence-corrected chi connectivity index (χ0v) is 14.4. The highest BCUT2D eigenvalue weighted by atomic mass is 19.1. The second-order valence-electron chi connectivity index (χ2n) is 6.43. The second kappa shape index (κ2) is 7.05. The summed E-state index contributed by atoms with van der Waals surface area (Å²) in [5, 5.41) is 0. The third-order valence-corrected chi connectivity index (χ3v) is 4.72. The van der Waals surface area contributed by atoms with Gasteiger partial charge in [-0.25, -0.2) is 4.39 Å². The summed E-state index contributed by atoms with van der Waals surface area (Å²) in [6, 6.07) is 13.6. The average molecular weight is 340 g/mol. The summed E-state index contributed by atoms with van der Waals surface area (Å²) in [7, 11) is 1.76. The Morgan fingerprint density at radius 2 is 1.88 bits per heavy atom. The van der Waals surface area contributed by atoms with Gasteiger partial charge < -0.3 is 9.80 Å². The quantitative estimate of drug-likeness (QED) is 0.860. The van der Waals surface area contributed by atoms with Gasteiger partial charge in [-0.2, -0.15) is 0 Å². The number of rotatable bonds is 3. The number of halogens is 1. The lowest BCUT2D eigenvalue weighted by Gasteiger charge is -2.22. The molecule has 2 aromatic rings. The van der Waals surface area contributed by atoms with Crippen LogP contribution in [0.5, 0.6) is 0 Å². The van der Waals surface area contributed by atoms with Gasteiger partial charge in [0.1, 0.15) is 5.82 Å². The van der Waals surface area contributed by atoms with E-state index in [9.17, 15) is 14.0 Å². The number of amides is 2. The number of carbonyl (C=O) groups is 2. The van der Waals surface area contributed by atoms with Crippen LogP contribution < -0.4 is 4.90 Å². The molecule has 2 aromatic carbocycles.